The topological polar surface area (TPSA) is 72.5 Å². The summed E-state index contributed by atoms with van der Waals surface area (Å²) in [6.07, 6.45) is 2.92. The van der Waals surface area contributed by atoms with Crippen molar-refractivity contribution in [3.8, 4) is 5.75 Å². The third-order valence-corrected chi connectivity index (χ3v) is 4.95. The summed E-state index contributed by atoms with van der Waals surface area (Å²) in [4.78, 5) is 13.2. The van der Waals surface area contributed by atoms with Gasteiger partial charge in [-0.15, -0.1) is 5.10 Å². The molecule has 0 aliphatic carbocycles. The van der Waals surface area contributed by atoms with E-state index in [1.54, 1.807) is 48.3 Å². The van der Waals surface area contributed by atoms with Gasteiger partial charge in [0, 0.05) is 38.6 Å². The monoisotopic (exact) mass is 416 g/mol. The lowest BCUT2D eigenvalue weighted by Crippen LogP contribution is -2.47. The number of aromatic nitrogens is 4. The maximum absolute atomic E-state index is 13.8. The van der Waals surface area contributed by atoms with E-state index >= 15 is 0 Å². The van der Waals surface area contributed by atoms with Crippen LogP contribution in [-0.2, 0) is 6.67 Å². The van der Waals surface area contributed by atoms with Crippen LogP contribution in [0.5, 0.6) is 5.75 Å². The zero-order valence-corrected chi connectivity index (χ0v) is 16.8. The average Bonchev–Trinajstić information content (AvgIpc) is 3.11. The van der Waals surface area contributed by atoms with Crippen LogP contribution in [-0.4, -0.2) is 50.8 Å². The lowest BCUT2D eigenvalue weighted by atomic mass is 10.3. The Morgan fingerprint density at radius 1 is 1.14 bits per heavy atom. The van der Waals surface area contributed by atoms with Crippen molar-refractivity contribution >= 4 is 18.2 Å². The van der Waals surface area contributed by atoms with Crippen LogP contribution in [0.15, 0.2) is 47.1 Å². The van der Waals surface area contributed by atoms with E-state index in [9.17, 15) is 4.39 Å². The van der Waals surface area contributed by atoms with Crippen LogP contribution in [0.25, 0.3) is 0 Å². The van der Waals surface area contributed by atoms with Gasteiger partial charge in [0.25, 0.3) is 10.7 Å². The number of para-hydroxylation sites is 1. The Balaban J connectivity index is 1.36. The van der Waals surface area contributed by atoms with Crippen molar-refractivity contribution in [2.24, 2.45) is 0 Å². The molecule has 0 amide bonds. The molecule has 1 saturated heterocycles. The number of piperazine rings is 1. The highest BCUT2D eigenvalue weighted by molar-refractivity contribution is 7.71. The van der Waals surface area contributed by atoms with Crippen molar-refractivity contribution in [1.29, 1.82) is 0 Å². The SMILES string of the molecule is C[C@@H](Oc1ccccc1F)c1nn(CN2CCN(c3ncccn3)CC2)c(=S)o1. The molecule has 0 saturated carbocycles. The fourth-order valence-electron chi connectivity index (χ4n) is 3.09. The van der Waals surface area contributed by atoms with Gasteiger partial charge in [0.15, 0.2) is 17.7 Å². The minimum Gasteiger partial charge on any atom is -0.478 e. The van der Waals surface area contributed by atoms with E-state index in [1.165, 1.54) is 6.07 Å². The Kier molecular flexibility index (Phi) is 5.81. The summed E-state index contributed by atoms with van der Waals surface area (Å²) in [6, 6.07) is 8.03. The minimum atomic E-state index is -0.568. The molecule has 0 bridgehead atoms. The van der Waals surface area contributed by atoms with Gasteiger partial charge in [-0.1, -0.05) is 12.1 Å². The maximum atomic E-state index is 13.8. The smallest absolute Gasteiger partial charge is 0.288 e. The molecule has 0 N–H and O–H groups in total. The summed E-state index contributed by atoms with van der Waals surface area (Å²) in [6.45, 7) is 5.53. The van der Waals surface area contributed by atoms with Crippen LogP contribution in [0.4, 0.5) is 10.3 Å². The molecule has 1 fully saturated rings. The van der Waals surface area contributed by atoms with Gasteiger partial charge in [-0.05, 0) is 37.3 Å². The summed E-state index contributed by atoms with van der Waals surface area (Å²) in [5.74, 6) is 0.772. The van der Waals surface area contributed by atoms with Gasteiger partial charge >= 0.3 is 0 Å². The highest BCUT2D eigenvalue weighted by atomic mass is 32.1. The number of hydrogen-bond acceptors (Lipinski definition) is 8. The largest absolute Gasteiger partial charge is 0.478 e. The third-order valence-electron chi connectivity index (χ3n) is 4.65. The quantitative estimate of drug-likeness (QED) is 0.568. The fourth-order valence-corrected chi connectivity index (χ4v) is 3.27. The number of anilines is 1. The Bertz CT molecular complexity index is 1000. The predicted octanol–water partition coefficient (Wildman–Crippen LogP) is 3.05. The summed E-state index contributed by atoms with van der Waals surface area (Å²) in [5, 5.41) is 4.43. The third kappa shape index (κ3) is 4.60. The first-order valence-electron chi connectivity index (χ1n) is 9.33. The van der Waals surface area contributed by atoms with Crippen LogP contribution < -0.4 is 9.64 Å². The molecule has 1 aliphatic heterocycles. The van der Waals surface area contributed by atoms with E-state index in [2.05, 4.69) is 24.9 Å². The fraction of sp³-hybridized carbons (Fsp3) is 0.368. The van der Waals surface area contributed by atoms with Gasteiger partial charge in [0.1, 0.15) is 0 Å². The average molecular weight is 416 g/mol. The first-order chi connectivity index (χ1) is 14.1. The first kappa shape index (κ1) is 19.5. The lowest BCUT2D eigenvalue weighted by Gasteiger charge is -2.34. The molecule has 0 radical (unpaired) electrons. The van der Waals surface area contributed by atoms with E-state index < -0.39 is 11.9 Å². The lowest BCUT2D eigenvalue weighted by molar-refractivity contribution is 0.178. The summed E-state index contributed by atoms with van der Waals surface area (Å²) in [7, 11) is 0. The molecule has 1 atom stereocenters. The standard InChI is InChI=1S/C19H21FN6O2S/c1-14(27-16-6-3-2-5-15(16)20)17-23-26(19(29)28-17)13-24-9-11-25(12-10-24)18-21-7-4-8-22-18/h2-8,14H,9-13H2,1H3/t14-/m1/s1. The van der Waals surface area contributed by atoms with Crippen molar-refractivity contribution in [3.63, 3.8) is 0 Å². The highest BCUT2D eigenvalue weighted by Gasteiger charge is 2.21. The molecule has 2 aromatic heterocycles. The van der Waals surface area contributed by atoms with Gasteiger partial charge in [-0.25, -0.2) is 19.0 Å². The molecular formula is C19H21FN6O2S. The van der Waals surface area contributed by atoms with E-state index in [-0.39, 0.29) is 10.6 Å². The number of halogens is 1. The maximum Gasteiger partial charge on any atom is 0.288 e. The van der Waals surface area contributed by atoms with Crippen LogP contribution in [0.3, 0.4) is 0 Å². The Hall–Kier alpha value is -2.85. The molecule has 1 aromatic carbocycles. The van der Waals surface area contributed by atoms with Gasteiger partial charge < -0.3 is 14.1 Å². The van der Waals surface area contributed by atoms with Crippen LogP contribution in [0.2, 0.25) is 0 Å². The molecular weight excluding hydrogens is 395 g/mol. The van der Waals surface area contributed by atoms with Crippen molar-refractivity contribution < 1.29 is 13.5 Å². The summed E-state index contributed by atoms with van der Waals surface area (Å²) in [5.41, 5.74) is 0. The predicted molar refractivity (Wildman–Crippen MR) is 107 cm³/mol. The van der Waals surface area contributed by atoms with E-state index in [0.717, 1.165) is 32.1 Å². The number of rotatable bonds is 6. The molecule has 4 rings (SSSR count). The molecule has 1 aliphatic rings. The second-order valence-electron chi connectivity index (χ2n) is 6.69. The van der Waals surface area contributed by atoms with Crippen LogP contribution in [0.1, 0.15) is 18.9 Å². The highest BCUT2D eigenvalue weighted by Crippen LogP contribution is 2.23. The Morgan fingerprint density at radius 2 is 1.86 bits per heavy atom. The summed E-state index contributed by atoms with van der Waals surface area (Å²) >= 11 is 5.30. The molecule has 0 spiro atoms. The molecule has 10 heteroatoms. The number of benzene rings is 1. The zero-order valence-electron chi connectivity index (χ0n) is 15.9. The molecule has 8 nitrogen and oxygen atoms in total. The molecule has 0 unspecified atom stereocenters. The zero-order chi connectivity index (χ0) is 20.2. The van der Waals surface area contributed by atoms with Crippen molar-refractivity contribution in [2.45, 2.75) is 19.7 Å². The Morgan fingerprint density at radius 3 is 2.59 bits per heavy atom. The van der Waals surface area contributed by atoms with Crippen LogP contribution >= 0.6 is 12.2 Å². The number of nitrogens with zero attached hydrogens (tertiary/aromatic N) is 6. The normalized spacial score (nSPS) is 16.0. The molecule has 3 heterocycles. The summed E-state index contributed by atoms with van der Waals surface area (Å²) < 4.78 is 26.6. The first-order valence-corrected chi connectivity index (χ1v) is 9.74. The van der Waals surface area contributed by atoms with Crippen molar-refractivity contribution in [3.05, 3.63) is 59.3 Å². The minimum absolute atomic E-state index is 0.148. The van der Waals surface area contributed by atoms with E-state index in [4.69, 9.17) is 21.4 Å². The van der Waals surface area contributed by atoms with Crippen molar-refractivity contribution in [1.82, 2.24) is 24.6 Å². The van der Waals surface area contributed by atoms with Gasteiger partial charge in [0.2, 0.25) is 5.95 Å². The van der Waals surface area contributed by atoms with Gasteiger partial charge in [0.05, 0.1) is 6.67 Å². The number of hydrogen-bond donors (Lipinski definition) is 0. The number of ether oxygens (including phenoxy) is 1. The van der Waals surface area contributed by atoms with Gasteiger partial charge in [-0.3, -0.25) is 4.90 Å². The van der Waals surface area contributed by atoms with E-state index in [0.29, 0.717) is 12.6 Å². The van der Waals surface area contributed by atoms with E-state index in [1.807, 2.05) is 0 Å². The molecule has 29 heavy (non-hydrogen) atoms. The molecule has 152 valence electrons. The second-order valence-corrected chi connectivity index (χ2v) is 7.04. The molecule has 3 aromatic rings. The van der Waals surface area contributed by atoms with Crippen LogP contribution in [0, 0.1) is 10.7 Å². The van der Waals surface area contributed by atoms with Gasteiger partial charge in [-0.2, -0.15) is 0 Å². The van der Waals surface area contributed by atoms with Crippen molar-refractivity contribution in [2.75, 3.05) is 31.1 Å². The second kappa shape index (κ2) is 8.66. The Labute approximate surface area is 172 Å².